The van der Waals surface area contributed by atoms with Crippen LogP contribution in [0.5, 0.6) is 0 Å². The molecule has 2 fully saturated rings. The van der Waals surface area contributed by atoms with E-state index >= 15 is 0 Å². The minimum absolute atomic E-state index is 0.115. The van der Waals surface area contributed by atoms with Gasteiger partial charge in [-0.2, -0.15) is 13.2 Å². The number of anilines is 1. The molecule has 26 heavy (non-hydrogen) atoms. The van der Waals surface area contributed by atoms with Crippen molar-refractivity contribution in [3.05, 3.63) is 22.7 Å². The van der Waals surface area contributed by atoms with E-state index in [2.05, 4.69) is 9.97 Å². The van der Waals surface area contributed by atoms with Crippen molar-refractivity contribution in [2.24, 2.45) is 5.92 Å². The maximum atomic E-state index is 13.0. The molecule has 2 aliphatic rings. The minimum Gasteiger partial charge on any atom is -0.365 e. The largest absolute Gasteiger partial charge is 0.416 e. The van der Waals surface area contributed by atoms with E-state index in [9.17, 15) is 22.8 Å². The Morgan fingerprint density at radius 2 is 2.00 bits per heavy atom. The zero-order valence-electron chi connectivity index (χ0n) is 14.3. The Balaban J connectivity index is 1.62. The monoisotopic (exact) mass is 374 g/mol. The minimum atomic E-state index is -4.49. The number of halogens is 3. The number of morpholine rings is 1. The summed E-state index contributed by atoms with van der Waals surface area (Å²) >= 11 is 0. The smallest absolute Gasteiger partial charge is 0.365 e. The van der Waals surface area contributed by atoms with E-state index in [1.54, 1.807) is 0 Å². The van der Waals surface area contributed by atoms with Gasteiger partial charge < -0.3 is 19.5 Å². The van der Waals surface area contributed by atoms with Crippen molar-refractivity contribution in [2.45, 2.75) is 38.1 Å². The second kappa shape index (κ2) is 7.26. The van der Waals surface area contributed by atoms with Crippen LogP contribution >= 0.6 is 0 Å². The topological polar surface area (TPSA) is 78.5 Å². The number of amides is 1. The van der Waals surface area contributed by atoms with Crippen molar-refractivity contribution in [3.8, 4) is 0 Å². The molecule has 2 unspecified atom stereocenters. The van der Waals surface area contributed by atoms with Crippen molar-refractivity contribution in [3.63, 3.8) is 0 Å². The molecule has 2 atom stereocenters. The van der Waals surface area contributed by atoms with Gasteiger partial charge in [-0.15, -0.1) is 0 Å². The van der Waals surface area contributed by atoms with Gasteiger partial charge in [0.05, 0.1) is 19.0 Å². The second-order valence-corrected chi connectivity index (χ2v) is 6.64. The van der Waals surface area contributed by atoms with Crippen molar-refractivity contribution < 1.29 is 22.7 Å². The van der Waals surface area contributed by atoms with Crippen LogP contribution in [0.4, 0.5) is 19.0 Å². The summed E-state index contributed by atoms with van der Waals surface area (Å²) in [4.78, 5) is 33.9. The standard InChI is InChI=1S/C16H21F3N4O3/c1-10-14(16(17,18)19)26-7-6-23(10)15(25)11-2-4-22(5-3-11)12-8-13(24)21-9-20-12/h8-11,14H,2-7H2,1H3,(H,20,21,24). The summed E-state index contributed by atoms with van der Waals surface area (Å²) in [6.45, 7) is 2.48. The summed E-state index contributed by atoms with van der Waals surface area (Å²) in [5.74, 6) is -0.0484. The fourth-order valence-corrected chi connectivity index (χ4v) is 3.58. The van der Waals surface area contributed by atoms with Gasteiger partial charge in [0.15, 0.2) is 6.10 Å². The van der Waals surface area contributed by atoms with E-state index in [0.717, 1.165) is 0 Å². The lowest BCUT2D eigenvalue weighted by atomic mass is 9.93. The fourth-order valence-electron chi connectivity index (χ4n) is 3.58. The molecule has 1 amide bonds. The summed E-state index contributed by atoms with van der Waals surface area (Å²) in [7, 11) is 0. The number of alkyl halides is 3. The van der Waals surface area contributed by atoms with E-state index in [-0.39, 0.29) is 30.5 Å². The molecule has 0 saturated carbocycles. The number of nitrogens with one attached hydrogen (secondary N) is 1. The van der Waals surface area contributed by atoms with Crippen LogP contribution in [0.15, 0.2) is 17.2 Å². The molecule has 0 radical (unpaired) electrons. The first-order chi connectivity index (χ1) is 12.3. The summed E-state index contributed by atoms with van der Waals surface area (Å²) in [5, 5.41) is 0. The first kappa shape index (κ1) is 18.7. The fraction of sp³-hybridized carbons (Fsp3) is 0.688. The molecule has 2 saturated heterocycles. The molecule has 3 heterocycles. The van der Waals surface area contributed by atoms with Crippen LogP contribution in [0.2, 0.25) is 0 Å². The lowest BCUT2D eigenvalue weighted by Crippen LogP contribution is -2.58. The number of H-pyrrole nitrogens is 1. The summed E-state index contributed by atoms with van der Waals surface area (Å²) in [6.07, 6.45) is -4.10. The molecule has 3 rings (SSSR count). The molecule has 0 aliphatic carbocycles. The second-order valence-electron chi connectivity index (χ2n) is 6.64. The number of nitrogens with zero attached hydrogens (tertiary/aromatic N) is 3. The average molecular weight is 374 g/mol. The molecule has 1 N–H and O–H groups in total. The van der Waals surface area contributed by atoms with Crippen molar-refractivity contribution >= 4 is 11.7 Å². The maximum Gasteiger partial charge on any atom is 0.416 e. The Labute approximate surface area is 148 Å². The molecule has 2 aliphatic heterocycles. The molecule has 10 heteroatoms. The van der Waals surface area contributed by atoms with Gasteiger partial charge in [0.1, 0.15) is 5.82 Å². The Kier molecular flexibility index (Phi) is 5.22. The van der Waals surface area contributed by atoms with Gasteiger partial charge in [-0.25, -0.2) is 4.98 Å². The molecular formula is C16H21F3N4O3. The highest BCUT2D eigenvalue weighted by atomic mass is 19.4. The van der Waals surface area contributed by atoms with Gasteiger partial charge in [-0.1, -0.05) is 0 Å². The summed E-state index contributed by atoms with van der Waals surface area (Å²) < 4.78 is 44.0. The third kappa shape index (κ3) is 3.84. The Morgan fingerprint density at radius 3 is 2.62 bits per heavy atom. The van der Waals surface area contributed by atoms with Crippen molar-refractivity contribution in [1.29, 1.82) is 0 Å². The Bertz CT molecular complexity index is 700. The maximum absolute atomic E-state index is 13.0. The van der Waals surface area contributed by atoms with E-state index in [1.165, 1.54) is 24.2 Å². The molecule has 0 spiro atoms. The van der Waals surface area contributed by atoms with Gasteiger partial charge in [-0.05, 0) is 19.8 Å². The highest BCUT2D eigenvalue weighted by Gasteiger charge is 2.49. The van der Waals surface area contributed by atoms with E-state index in [1.807, 2.05) is 4.90 Å². The Hall–Kier alpha value is -2.10. The first-order valence-electron chi connectivity index (χ1n) is 8.56. The summed E-state index contributed by atoms with van der Waals surface area (Å²) in [6, 6.07) is 0.351. The van der Waals surface area contributed by atoms with Crippen LogP contribution in [0.25, 0.3) is 0 Å². The number of piperidine rings is 1. The van der Waals surface area contributed by atoms with Crippen molar-refractivity contribution in [1.82, 2.24) is 14.9 Å². The highest BCUT2D eigenvalue weighted by molar-refractivity contribution is 5.79. The normalized spacial score (nSPS) is 25.4. The lowest BCUT2D eigenvalue weighted by molar-refractivity contribution is -0.250. The van der Waals surface area contributed by atoms with Gasteiger partial charge >= 0.3 is 6.18 Å². The number of hydrogen-bond acceptors (Lipinski definition) is 5. The zero-order chi connectivity index (χ0) is 18.9. The number of aromatic amines is 1. The van der Waals surface area contributed by atoms with Crippen LogP contribution in [-0.2, 0) is 9.53 Å². The molecule has 7 nitrogen and oxygen atoms in total. The number of hydrogen-bond donors (Lipinski definition) is 1. The quantitative estimate of drug-likeness (QED) is 0.841. The number of aromatic nitrogens is 2. The van der Waals surface area contributed by atoms with Crippen LogP contribution in [-0.4, -0.2) is 65.3 Å². The zero-order valence-corrected chi connectivity index (χ0v) is 14.3. The van der Waals surface area contributed by atoms with E-state index in [0.29, 0.717) is 31.7 Å². The van der Waals surface area contributed by atoms with Crippen LogP contribution in [0.3, 0.4) is 0 Å². The van der Waals surface area contributed by atoms with Crippen LogP contribution in [0.1, 0.15) is 19.8 Å². The third-order valence-corrected chi connectivity index (χ3v) is 5.00. The third-order valence-electron chi connectivity index (χ3n) is 5.00. The number of carbonyl (C=O) groups excluding carboxylic acids is 1. The number of carbonyl (C=O) groups is 1. The van der Waals surface area contributed by atoms with Crippen LogP contribution in [0, 0.1) is 5.92 Å². The molecule has 1 aromatic heterocycles. The van der Waals surface area contributed by atoms with Gasteiger partial charge in [0.2, 0.25) is 5.91 Å². The highest BCUT2D eigenvalue weighted by Crippen LogP contribution is 2.32. The molecule has 0 aromatic carbocycles. The predicted octanol–water partition coefficient (Wildman–Crippen LogP) is 1.16. The lowest BCUT2D eigenvalue weighted by Gasteiger charge is -2.42. The molecule has 1 aromatic rings. The predicted molar refractivity (Wildman–Crippen MR) is 86.8 cm³/mol. The van der Waals surface area contributed by atoms with E-state index in [4.69, 9.17) is 4.74 Å². The van der Waals surface area contributed by atoms with Gasteiger partial charge in [0, 0.05) is 31.6 Å². The number of rotatable bonds is 2. The van der Waals surface area contributed by atoms with Gasteiger partial charge in [0.25, 0.3) is 5.56 Å². The first-order valence-corrected chi connectivity index (χ1v) is 8.56. The average Bonchev–Trinajstić information content (AvgIpc) is 2.60. The van der Waals surface area contributed by atoms with Crippen LogP contribution < -0.4 is 10.5 Å². The molecule has 0 bridgehead atoms. The molecule has 144 valence electrons. The Morgan fingerprint density at radius 1 is 1.31 bits per heavy atom. The van der Waals surface area contributed by atoms with E-state index < -0.39 is 18.3 Å². The SMILES string of the molecule is CC1C(C(F)(F)F)OCCN1C(=O)C1CCN(c2cc(=O)[nH]cn2)CC1. The number of ether oxygens (including phenoxy) is 1. The summed E-state index contributed by atoms with van der Waals surface area (Å²) in [5.41, 5.74) is -0.256. The van der Waals surface area contributed by atoms with Crippen molar-refractivity contribution in [2.75, 3.05) is 31.1 Å². The van der Waals surface area contributed by atoms with Gasteiger partial charge in [-0.3, -0.25) is 9.59 Å². The molecular weight excluding hydrogens is 353 g/mol.